The van der Waals surface area contributed by atoms with Crippen LogP contribution in [0.15, 0.2) is 48.5 Å². The Hall–Kier alpha value is -3.92. The number of carbonyl (C=O) groups is 4. The Morgan fingerprint density at radius 3 is 1.64 bits per heavy atom. The van der Waals surface area contributed by atoms with E-state index in [0.717, 1.165) is 11.1 Å². The van der Waals surface area contributed by atoms with Crippen molar-refractivity contribution in [2.45, 2.75) is 19.8 Å². The molecular weight excluding hydrogens is 436 g/mol. The maximum atomic E-state index is 12.2. The molecule has 0 aliphatic carbocycles. The largest absolute Gasteiger partial charge is 0.480 e. The van der Waals surface area contributed by atoms with Crippen LogP contribution in [0.4, 0.5) is 0 Å². The number of carboxylic acid groups (broad SMARTS) is 2. The van der Waals surface area contributed by atoms with E-state index in [9.17, 15) is 29.4 Å². The smallest absolute Gasteiger partial charge is 0.345 e. The molecule has 0 bridgehead atoms. The number of methoxy groups -OCH3 is 1. The van der Waals surface area contributed by atoms with E-state index in [2.05, 4.69) is 4.74 Å². The maximum absolute atomic E-state index is 12.2. The minimum atomic E-state index is -3.33. The average Bonchev–Trinajstić information content (AvgIpc) is 2.79. The molecule has 0 aliphatic heterocycles. The number of aliphatic carboxylic acids is 2. The fraction of sp³-hybridized carbons (Fsp3) is 0.304. The topological polar surface area (TPSA) is 146 Å². The lowest BCUT2D eigenvalue weighted by molar-refractivity contribution is -0.183. The Bertz CT molecular complexity index is 965. The van der Waals surface area contributed by atoms with Gasteiger partial charge >= 0.3 is 23.3 Å². The molecule has 0 amide bonds. The number of esters is 1. The molecule has 2 aromatic rings. The van der Waals surface area contributed by atoms with Gasteiger partial charge in [0.05, 0.1) is 0 Å². The summed E-state index contributed by atoms with van der Waals surface area (Å²) in [7, 11) is 1.54. The van der Waals surface area contributed by atoms with Gasteiger partial charge in [-0.1, -0.05) is 31.2 Å². The van der Waals surface area contributed by atoms with Crippen molar-refractivity contribution in [2.75, 3.05) is 20.7 Å². The Morgan fingerprint density at radius 1 is 0.788 bits per heavy atom. The summed E-state index contributed by atoms with van der Waals surface area (Å²) in [6.45, 7) is 0.650. The molecule has 0 unspecified atom stereocenters. The lowest BCUT2D eigenvalue weighted by Gasteiger charge is -2.21. The van der Waals surface area contributed by atoms with Gasteiger partial charge in [0.25, 0.3) is 0 Å². The standard InChI is InChI=1S/C23H24O10/c1-3-19(24)23(20(25)26,21(27)28)22(29)33-14-32-18-10-6-16(7-11-18)12-15-4-8-17(9-5-15)31-13-30-2/h4-11H,3,12-14H2,1-2H3,(H,25,26)(H,27,28). The van der Waals surface area contributed by atoms with Crippen LogP contribution in [0.3, 0.4) is 0 Å². The van der Waals surface area contributed by atoms with Gasteiger partial charge in [-0.2, -0.15) is 0 Å². The predicted molar refractivity (Wildman–Crippen MR) is 113 cm³/mol. The Morgan fingerprint density at radius 2 is 1.24 bits per heavy atom. The highest BCUT2D eigenvalue weighted by Gasteiger charge is 2.61. The summed E-state index contributed by atoms with van der Waals surface area (Å²) in [6, 6.07) is 14.3. The van der Waals surface area contributed by atoms with Crippen LogP contribution >= 0.6 is 0 Å². The fourth-order valence-corrected chi connectivity index (χ4v) is 2.91. The first kappa shape index (κ1) is 25.3. The third-order valence-electron chi connectivity index (χ3n) is 4.70. The first-order valence-electron chi connectivity index (χ1n) is 9.85. The summed E-state index contributed by atoms with van der Waals surface area (Å²) in [5.74, 6) is -6.26. The molecule has 10 heteroatoms. The van der Waals surface area contributed by atoms with Gasteiger partial charge in [-0.15, -0.1) is 0 Å². The van der Waals surface area contributed by atoms with Crippen LogP contribution < -0.4 is 9.47 Å². The van der Waals surface area contributed by atoms with Crippen molar-refractivity contribution in [3.05, 3.63) is 59.7 Å². The van der Waals surface area contributed by atoms with Crippen molar-refractivity contribution in [3.8, 4) is 11.5 Å². The monoisotopic (exact) mass is 460 g/mol. The van der Waals surface area contributed by atoms with E-state index < -0.39 is 42.3 Å². The molecule has 0 spiro atoms. The summed E-state index contributed by atoms with van der Waals surface area (Å²) in [6.07, 6.45) is 0.164. The maximum Gasteiger partial charge on any atom is 0.345 e. The molecule has 10 nitrogen and oxygen atoms in total. The molecule has 2 rings (SSSR count). The fourth-order valence-electron chi connectivity index (χ4n) is 2.91. The van der Waals surface area contributed by atoms with Crippen LogP contribution in [0.1, 0.15) is 24.5 Å². The van der Waals surface area contributed by atoms with Gasteiger partial charge in [0, 0.05) is 13.5 Å². The summed E-state index contributed by atoms with van der Waals surface area (Å²) < 4.78 is 20.1. The zero-order chi connectivity index (χ0) is 24.4. The van der Waals surface area contributed by atoms with E-state index in [-0.39, 0.29) is 6.79 Å². The van der Waals surface area contributed by atoms with Gasteiger partial charge in [0.15, 0.2) is 12.6 Å². The van der Waals surface area contributed by atoms with E-state index in [1.807, 2.05) is 24.3 Å². The highest BCUT2D eigenvalue weighted by Crippen LogP contribution is 2.24. The quantitative estimate of drug-likeness (QED) is 0.259. The molecule has 33 heavy (non-hydrogen) atoms. The van der Waals surface area contributed by atoms with Crippen LogP contribution in [0.2, 0.25) is 0 Å². The molecule has 0 aromatic heterocycles. The predicted octanol–water partition coefficient (Wildman–Crippen LogP) is 2.27. The van der Waals surface area contributed by atoms with Crippen molar-refractivity contribution in [1.82, 2.24) is 0 Å². The van der Waals surface area contributed by atoms with Crippen LogP contribution in [-0.4, -0.2) is 54.6 Å². The van der Waals surface area contributed by atoms with E-state index >= 15 is 0 Å². The zero-order valence-corrected chi connectivity index (χ0v) is 18.1. The Balaban J connectivity index is 1.94. The lowest BCUT2D eigenvalue weighted by Crippen LogP contribution is -2.53. The van der Waals surface area contributed by atoms with Crippen molar-refractivity contribution in [2.24, 2.45) is 5.41 Å². The molecular formula is C23H24O10. The van der Waals surface area contributed by atoms with Crippen LogP contribution in [0.5, 0.6) is 11.5 Å². The van der Waals surface area contributed by atoms with E-state index in [4.69, 9.17) is 14.2 Å². The van der Waals surface area contributed by atoms with Gasteiger partial charge in [0.1, 0.15) is 11.5 Å². The number of carboxylic acids is 2. The summed E-state index contributed by atoms with van der Waals surface area (Å²) in [4.78, 5) is 47.0. The van der Waals surface area contributed by atoms with Crippen LogP contribution in [0.25, 0.3) is 0 Å². The molecule has 0 aliphatic rings. The number of hydrogen-bond donors (Lipinski definition) is 2. The second-order valence-corrected chi connectivity index (χ2v) is 6.85. The number of carbonyl (C=O) groups excluding carboxylic acids is 2. The van der Waals surface area contributed by atoms with Crippen LogP contribution in [-0.2, 0) is 35.1 Å². The lowest BCUT2D eigenvalue weighted by atomic mass is 9.82. The highest BCUT2D eigenvalue weighted by molar-refractivity contribution is 6.33. The van der Waals surface area contributed by atoms with Gasteiger partial charge in [0.2, 0.25) is 6.79 Å². The van der Waals surface area contributed by atoms with Crippen molar-refractivity contribution in [1.29, 1.82) is 0 Å². The Kier molecular flexibility index (Phi) is 8.93. The first-order chi connectivity index (χ1) is 15.7. The Labute approximate surface area is 189 Å². The minimum absolute atomic E-state index is 0.165. The number of hydrogen-bond acceptors (Lipinski definition) is 8. The van der Waals surface area contributed by atoms with Gasteiger partial charge in [-0.25, -0.2) is 14.4 Å². The van der Waals surface area contributed by atoms with Gasteiger partial charge in [-0.05, 0) is 41.8 Å². The number of rotatable bonds is 13. The summed E-state index contributed by atoms with van der Waals surface area (Å²) in [5.41, 5.74) is -1.32. The van der Waals surface area contributed by atoms with Crippen molar-refractivity contribution >= 4 is 23.7 Å². The van der Waals surface area contributed by atoms with Gasteiger partial charge in [-0.3, -0.25) is 4.79 Å². The molecule has 2 N–H and O–H groups in total. The first-order valence-corrected chi connectivity index (χ1v) is 9.85. The molecule has 0 fully saturated rings. The third kappa shape index (κ3) is 6.07. The zero-order valence-electron chi connectivity index (χ0n) is 18.1. The molecule has 0 saturated carbocycles. The molecule has 0 heterocycles. The van der Waals surface area contributed by atoms with Crippen molar-refractivity contribution < 1.29 is 48.3 Å². The van der Waals surface area contributed by atoms with Gasteiger partial charge < -0.3 is 29.2 Å². The summed E-state index contributed by atoms with van der Waals surface area (Å²) >= 11 is 0. The second kappa shape index (κ2) is 11.6. The SMILES string of the molecule is CCC(=O)C(C(=O)O)(C(=O)O)C(=O)OCOc1ccc(Cc2ccc(OCOC)cc2)cc1. The number of Topliss-reactive ketones (excluding diaryl/α,β-unsaturated/α-hetero) is 1. The van der Waals surface area contributed by atoms with E-state index in [1.54, 1.807) is 31.4 Å². The number of ketones is 1. The molecule has 2 aromatic carbocycles. The molecule has 0 saturated heterocycles. The second-order valence-electron chi connectivity index (χ2n) is 6.85. The van der Waals surface area contributed by atoms with E-state index in [0.29, 0.717) is 17.9 Å². The number of benzene rings is 2. The molecule has 0 radical (unpaired) electrons. The highest BCUT2D eigenvalue weighted by atomic mass is 16.7. The van der Waals surface area contributed by atoms with Crippen molar-refractivity contribution in [3.63, 3.8) is 0 Å². The average molecular weight is 460 g/mol. The molecule has 0 atom stereocenters. The molecule has 176 valence electrons. The summed E-state index contributed by atoms with van der Waals surface area (Å²) in [5, 5.41) is 18.5. The minimum Gasteiger partial charge on any atom is -0.480 e. The third-order valence-corrected chi connectivity index (χ3v) is 4.70. The van der Waals surface area contributed by atoms with Crippen LogP contribution in [0, 0.1) is 5.41 Å². The van der Waals surface area contributed by atoms with E-state index in [1.165, 1.54) is 6.92 Å². The number of ether oxygens (including phenoxy) is 4. The normalized spacial score (nSPS) is 10.8.